The van der Waals surface area contributed by atoms with Crippen molar-refractivity contribution in [3.63, 3.8) is 0 Å². The van der Waals surface area contributed by atoms with Crippen molar-refractivity contribution in [2.24, 2.45) is 5.92 Å². The molecule has 0 radical (unpaired) electrons. The molecule has 0 spiro atoms. The Kier molecular flexibility index (Phi) is 15.6. The largest absolute Gasteiger partial charge is 0.489 e. The van der Waals surface area contributed by atoms with Gasteiger partial charge >= 0.3 is 11.9 Å². The molecule has 0 saturated heterocycles. The number of hydrogen-bond acceptors (Lipinski definition) is 6. The molecule has 0 amide bonds. The van der Waals surface area contributed by atoms with E-state index in [1.807, 2.05) is 154 Å². The third kappa shape index (κ3) is 12.3. The highest BCUT2D eigenvalue weighted by molar-refractivity contribution is 5.73. The van der Waals surface area contributed by atoms with E-state index in [1.54, 1.807) is 0 Å². The number of carbonyl (C=O) groups excluding carboxylic acids is 2. The van der Waals surface area contributed by atoms with Gasteiger partial charge in [0, 0.05) is 11.8 Å². The third-order valence-electron chi connectivity index (χ3n) is 7.62. The van der Waals surface area contributed by atoms with Crippen LogP contribution in [0.15, 0.2) is 133 Å². The molecule has 0 saturated carbocycles. The van der Waals surface area contributed by atoms with Gasteiger partial charge in [0.2, 0.25) is 0 Å². The highest BCUT2D eigenvalue weighted by Gasteiger charge is 2.24. The molecule has 246 valence electrons. The molecule has 0 aliphatic carbocycles. The van der Waals surface area contributed by atoms with E-state index in [9.17, 15) is 9.59 Å². The van der Waals surface area contributed by atoms with Crippen LogP contribution in [0.2, 0.25) is 0 Å². The summed E-state index contributed by atoms with van der Waals surface area (Å²) >= 11 is 0. The first-order valence-electron chi connectivity index (χ1n) is 15.8. The normalized spacial score (nSPS) is 12.8. The van der Waals surface area contributed by atoms with E-state index in [1.165, 1.54) is 14.2 Å². The Labute approximate surface area is 279 Å². The first-order valence-corrected chi connectivity index (χ1v) is 15.8. The number of allylic oxidation sites excluding steroid dienone is 4. The summed E-state index contributed by atoms with van der Waals surface area (Å²) in [6, 6.07) is 35.9. The van der Waals surface area contributed by atoms with E-state index >= 15 is 0 Å². The van der Waals surface area contributed by atoms with E-state index in [-0.39, 0.29) is 29.7 Å². The van der Waals surface area contributed by atoms with Gasteiger partial charge in [-0.25, -0.2) is 0 Å². The molecule has 0 unspecified atom stereocenters. The van der Waals surface area contributed by atoms with E-state index in [0.717, 1.165) is 33.8 Å². The number of hydrogen-bond donors (Lipinski definition) is 0. The first-order chi connectivity index (χ1) is 22.9. The van der Waals surface area contributed by atoms with Crippen LogP contribution in [0.25, 0.3) is 0 Å². The number of ether oxygens (including phenoxy) is 4. The lowest BCUT2D eigenvalue weighted by atomic mass is 9.87. The van der Waals surface area contributed by atoms with E-state index in [4.69, 9.17) is 18.9 Å². The van der Waals surface area contributed by atoms with Gasteiger partial charge in [0.05, 0.1) is 26.6 Å². The van der Waals surface area contributed by atoms with Gasteiger partial charge in [-0.05, 0) is 60.4 Å². The molecular weight excluding hydrogens is 588 g/mol. The number of benzene rings is 4. The maximum atomic E-state index is 11.8. The molecule has 0 N–H and O–H groups in total. The Morgan fingerprint density at radius 2 is 1.09 bits per heavy atom. The molecule has 0 heterocycles. The summed E-state index contributed by atoms with van der Waals surface area (Å²) in [6.07, 6.45) is 8.29. The minimum atomic E-state index is -0.234. The van der Waals surface area contributed by atoms with Crippen molar-refractivity contribution in [3.05, 3.63) is 156 Å². The number of carbonyl (C=O) groups is 2. The van der Waals surface area contributed by atoms with Crippen molar-refractivity contribution >= 4 is 11.9 Å². The van der Waals surface area contributed by atoms with Crippen molar-refractivity contribution in [1.29, 1.82) is 0 Å². The van der Waals surface area contributed by atoms with Gasteiger partial charge in [0.15, 0.2) is 0 Å². The van der Waals surface area contributed by atoms with Crippen molar-refractivity contribution in [1.82, 2.24) is 0 Å². The summed E-state index contributed by atoms with van der Waals surface area (Å²) in [5, 5.41) is 0. The summed E-state index contributed by atoms with van der Waals surface area (Å²) in [6.45, 7) is 6.87. The van der Waals surface area contributed by atoms with Gasteiger partial charge in [-0.2, -0.15) is 0 Å². The zero-order chi connectivity index (χ0) is 33.9. The molecule has 3 atom stereocenters. The Morgan fingerprint density at radius 1 is 0.617 bits per heavy atom. The van der Waals surface area contributed by atoms with Gasteiger partial charge in [0.25, 0.3) is 0 Å². The minimum Gasteiger partial charge on any atom is -0.489 e. The van der Waals surface area contributed by atoms with Crippen LogP contribution in [0.3, 0.4) is 0 Å². The molecule has 4 aromatic rings. The second kappa shape index (κ2) is 20.1. The standard InChI is InChI=1S/C21H24O3.C20H22O3/c1-4-8-20(16(2)21(22)23-3)18-11-13-19(14-12-18)24-15-17-9-6-5-7-10-17;1-3-7-18(14-20(21)22-2)17-10-12-19(13-11-17)23-15-16-8-5-4-6-9-16/h4-14,16,20H,15H2,1-3H3;3-13,18H,14-15H2,1-2H3/b8-4-;7-3-/t16-,20+;18-/m01/s1. The summed E-state index contributed by atoms with van der Waals surface area (Å²) in [4.78, 5) is 23.4. The summed E-state index contributed by atoms with van der Waals surface area (Å²) < 4.78 is 21.2. The molecular formula is C41H46O6. The quantitative estimate of drug-likeness (QED) is 0.102. The van der Waals surface area contributed by atoms with Crippen LogP contribution in [-0.2, 0) is 32.3 Å². The highest BCUT2D eigenvalue weighted by atomic mass is 16.5. The predicted molar refractivity (Wildman–Crippen MR) is 187 cm³/mol. The average molecular weight is 635 g/mol. The fourth-order valence-corrected chi connectivity index (χ4v) is 4.98. The predicted octanol–water partition coefficient (Wildman–Crippen LogP) is 9.22. The second-order valence-corrected chi connectivity index (χ2v) is 11.0. The Morgan fingerprint density at radius 3 is 1.51 bits per heavy atom. The monoisotopic (exact) mass is 634 g/mol. The van der Waals surface area contributed by atoms with Crippen LogP contribution in [0.4, 0.5) is 0 Å². The maximum absolute atomic E-state index is 11.8. The molecule has 0 aromatic heterocycles. The Bertz CT molecular complexity index is 1530. The highest BCUT2D eigenvalue weighted by Crippen LogP contribution is 2.29. The lowest BCUT2D eigenvalue weighted by molar-refractivity contribution is -0.145. The summed E-state index contributed by atoms with van der Waals surface area (Å²) in [7, 11) is 2.83. The van der Waals surface area contributed by atoms with Gasteiger partial charge in [0.1, 0.15) is 24.7 Å². The van der Waals surface area contributed by atoms with Gasteiger partial charge in [-0.3, -0.25) is 9.59 Å². The molecule has 47 heavy (non-hydrogen) atoms. The van der Waals surface area contributed by atoms with Crippen LogP contribution in [-0.4, -0.2) is 26.2 Å². The van der Waals surface area contributed by atoms with Crippen molar-refractivity contribution in [2.75, 3.05) is 14.2 Å². The zero-order valence-electron chi connectivity index (χ0n) is 28.0. The van der Waals surface area contributed by atoms with Gasteiger partial charge in [-0.1, -0.05) is 116 Å². The van der Waals surface area contributed by atoms with Crippen LogP contribution >= 0.6 is 0 Å². The topological polar surface area (TPSA) is 71.1 Å². The molecule has 0 fully saturated rings. The SMILES string of the molecule is C/C=C\[C@@H](c1ccc(OCc2ccccc2)cc1)[C@H](C)C(=O)OC.C/C=C\[C@H](CC(=O)OC)c1ccc(OCc2ccccc2)cc1. The lowest BCUT2D eigenvalue weighted by Gasteiger charge is -2.19. The smallest absolute Gasteiger partial charge is 0.309 e. The molecule has 0 bridgehead atoms. The van der Waals surface area contributed by atoms with Crippen molar-refractivity contribution in [3.8, 4) is 11.5 Å². The minimum absolute atomic E-state index is 0.00868. The van der Waals surface area contributed by atoms with E-state index in [0.29, 0.717) is 19.6 Å². The molecule has 6 nitrogen and oxygen atoms in total. The van der Waals surface area contributed by atoms with Gasteiger partial charge in [-0.15, -0.1) is 0 Å². The fraction of sp³-hybridized carbons (Fsp3) is 0.268. The van der Waals surface area contributed by atoms with Crippen LogP contribution in [0, 0.1) is 5.92 Å². The van der Waals surface area contributed by atoms with Gasteiger partial charge < -0.3 is 18.9 Å². The number of esters is 2. The van der Waals surface area contributed by atoms with Crippen molar-refractivity contribution in [2.45, 2.75) is 52.2 Å². The zero-order valence-corrected chi connectivity index (χ0v) is 28.0. The fourth-order valence-electron chi connectivity index (χ4n) is 4.98. The summed E-state index contributed by atoms with van der Waals surface area (Å²) in [5.41, 5.74) is 4.40. The molecule has 0 aliphatic heterocycles. The Hall–Kier alpha value is -5.10. The molecule has 4 rings (SSSR count). The number of methoxy groups -OCH3 is 2. The Balaban J connectivity index is 0.000000256. The van der Waals surface area contributed by atoms with Crippen molar-refractivity contribution < 1.29 is 28.5 Å². The first kappa shape index (κ1) is 36.4. The number of rotatable bonds is 14. The third-order valence-corrected chi connectivity index (χ3v) is 7.62. The molecule has 6 heteroatoms. The molecule has 0 aliphatic rings. The second-order valence-electron chi connectivity index (χ2n) is 11.0. The van der Waals surface area contributed by atoms with E-state index < -0.39 is 0 Å². The van der Waals surface area contributed by atoms with Crippen LogP contribution < -0.4 is 9.47 Å². The average Bonchev–Trinajstić information content (AvgIpc) is 3.13. The summed E-state index contributed by atoms with van der Waals surface area (Å²) in [5.74, 6) is 0.992. The van der Waals surface area contributed by atoms with Crippen LogP contribution in [0.1, 0.15) is 61.3 Å². The molecule has 4 aromatic carbocycles. The lowest BCUT2D eigenvalue weighted by Crippen LogP contribution is -2.19. The van der Waals surface area contributed by atoms with Crippen LogP contribution in [0.5, 0.6) is 11.5 Å². The maximum Gasteiger partial charge on any atom is 0.309 e. The van der Waals surface area contributed by atoms with E-state index in [2.05, 4.69) is 0 Å².